The minimum absolute atomic E-state index is 0.613. The summed E-state index contributed by atoms with van der Waals surface area (Å²) < 4.78 is 0. The van der Waals surface area contributed by atoms with Crippen molar-refractivity contribution in [3.05, 3.63) is 18.2 Å². The van der Waals surface area contributed by atoms with Gasteiger partial charge in [-0.1, -0.05) is 0 Å². The van der Waals surface area contributed by atoms with Crippen LogP contribution in [0.5, 0.6) is 0 Å². The molecule has 0 amide bonds. The molecule has 1 fully saturated rings. The highest BCUT2D eigenvalue weighted by molar-refractivity contribution is 5.80. The van der Waals surface area contributed by atoms with Crippen LogP contribution in [0.1, 0.15) is 19.8 Å². The van der Waals surface area contributed by atoms with Crippen molar-refractivity contribution in [3.8, 4) is 0 Å². The standard InChI is InChI=1S/C13H18N4O/c1-13(18)5-2-6-17(8-13)12-15-10-4-3-9(14)7-11(10)16-12/h3-4,7,18H,2,5-6,8,14H2,1H3,(H,15,16). The first-order chi connectivity index (χ1) is 8.53. The maximum Gasteiger partial charge on any atom is 0.203 e. The monoisotopic (exact) mass is 246 g/mol. The number of aromatic nitrogens is 2. The third-order valence-electron chi connectivity index (χ3n) is 3.47. The van der Waals surface area contributed by atoms with E-state index in [0.29, 0.717) is 6.54 Å². The molecule has 0 aliphatic carbocycles. The second kappa shape index (κ2) is 3.88. The smallest absolute Gasteiger partial charge is 0.203 e. The van der Waals surface area contributed by atoms with Crippen molar-refractivity contribution < 1.29 is 5.11 Å². The van der Waals surface area contributed by atoms with Gasteiger partial charge < -0.3 is 20.7 Å². The molecule has 0 radical (unpaired) electrons. The van der Waals surface area contributed by atoms with Crippen LogP contribution in [0.25, 0.3) is 11.0 Å². The zero-order chi connectivity index (χ0) is 12.8. The number of nitrogen functional groups attached to an aromatic ring is 1. The molecule has 0 spiro atoms. The fraction of sp³-hybridized carbons (Fsp3) is 0.462. The summed E-state index contributed by atoms with van der Waals surface area (Å²) in [6.45, 7) is 3.41. The van der Waals surface area contributed by atoms with Gasteiger partial charge in [0.15, 0.2) is 0 Å². The largest absolute Gasteiger partial charge is 0.399 e. The number of aromatic amines is 1. The van der Waals surface area contributed by atoms with E-state index in [-0.39, 0.29) is 0 Å². The van der Waals surface area contributed by atoms with Crippen LogP contribution in [0.2, 0.25) is 0 Å². The van der Waals surface area contributed by atoms with Crippen LogP contribution in [0.15, 0.2) is 18.2 Å². The number of fused-ring (bicyclic) bond motifs is 1. The van der Waals surface area contributed by atoms with Crippen molar-refractivity contribution in [1.29, 1.82) is 0 Å². The van der Waals surface area contributed by atoms with Gasteiger partial charge in [-0.3, -0.25) is 0 Å². The van der Waals surface area contributed by atoms with Crippen molar-refractivity contribution >= 4 is 22.7 Å². The Kier molecular flexibility index (Phi) is 2.45. The quantitative estimate of drug-likeness (QED) is 0.666. The molecule has 2 aromatic rings. The van der Waals surface area contributed by atoms with Crippen molar-refractivity contribution in [2.75, 3.05) is 23.7 Å². The molecule has 5 nitrogen and oxygen atoms in total. The molecule has 1 aromatic carbocycles. The maximum atomic E-state index is 10.1. The third-order valence-corrected chi connectivity index (χ3v) is 3.47. The summed E-state index contributed by atoms with van der Waals surface area (Å²) in [6, 6.07) is 5.64. The Morgan fingerprint density at radius 3 is 3.11 bits per heavy atom. The summed E-state index contributed by atoms with van der Waals surface area (Å²) in [5.74, 6) is 0.815. The number of piperidine rings is 1. The van der Waals surface area contributed by atoms with Crippen molar-refractivity contribution in [2.24, 2.45) is 0 Å². The highest BCUT2D eigenvalue weighted by atomic mass is 16.3. The number of benzene rings is 1. The van der Waals surface area contributed by atoms with E-state index in [1.54, 1.807) is 0 Å². The fourth-order valence-electron chi connectivity index (χ4n) is 2.56. The number of nitrogens with two attached hydrogens (primary N) is 1. The first-order valence-electron chi connectivity index (χ1n) is 6.26. The Bertz CT molecular complexity index is 575. The topological polar surface area (TPSA) is 78.2 Å². The lowest BCUT2D eigenvalue weighted by atomic mass is 9.95. The van der Waals surface area contributed by atoms with E-state index in [1.165, 1.54) is 0 Å². The normalized spacial score (nSPS) is 24.7. The molecule has 2 heterocycles. The van der Waals surface area contributed by atoms with Crippen LogP contribution in [0.3, 0.4) is 0 Å². The summed E-state index contributed by atoms with van der Waals surface area (Å²) in [6.07, 6.45) is 1.82. The van der Waals surface area contributed by atoms with Crippen molar-refractivity contribution in [3.63, 3.8) is 0 Å². The van der Waals surface area contributed by atoms with E-state index in [4.69, 9.17) is 5.73 Å². The second-order valence-corrected chi connectivity index (χ2v) is 5.36. The summed E-state index contributed by atoms with van der Waals surface area (Å²) in [4.78, 5) is 9.91. The van der Waals surface area contributed by atoms with E-state index >= 15 is 0 Å². The van der Waals surface area contributed by atoms with Gasteiger partial charge in [-0.25, -0.2) is 4.98 Å². The number of nitrogens with one attached hydrogen (secondary N) is 1. The van der Waals surface area contributed by atoms with Crippen LogP contribution < -0.4 is 10.6 Å². The number of imidazole rings is 1. The first-order valence-corrected chi connectivity index (χ1v) is 6.26. The van der Waals surface area contributed by atoms with Crippen LogP contribution in [-0.4, -0.2) is 33.8 Å². The van der Waals surface area contributed by atoms with Crippen LogP contribution in [-0.2, 0) is 0 Å². The van der Waals surface area contributed by atoms with Gasteiger partial charge in [0.2, 0.25) is 5.95 Å². The average molecular weight is 246 g/mol. The van der Waals surface area contributed by atoms with Crippen molar-refractivity contribution in [1.82, 2.24) is 9.97 Å². The number of aliphatic hydroxyl groups is 1. The Hall–Kier alpha value is -1.75. The number of anilines is 2. The molecule has 1 aromatic heterocycles. The highest BCUT2D eigenvalue weighted by Gasteiger charge is 2.29. The zero-order valence-electron chi connectivity index (χ0n) is 10.5. The van der Waals surface area contributed by atoms with Gasteiger partial charge in [0.05, 0.1) is 16.6 Å². The van der Waals surface area contributed by atoms with Gasteiger partial charge in [-0.2, -0.15) is 0 Å². The third kappa shape index (κ3) is 2.01. The Balaban J connectivity index is 1.94. The van der Waals surface area contributed by atoms with Gasteiger partial charge in [-0.05, 0) is 38.0 Å². The molecule has 4 N–H and O–H groups in total. The van der Waals surface area contributed by atoms with Crippen LogP contribution in [0.4, 0.5) is 11.6 Å². The maximum absolute atomic E-state index is 10.1. The van der Waals surface area contributed by atoms with Gasteiger partial charge in [-0.15, -0.1) is 0 Å². The van der Waals surface area contributed by atoms with E-state index in [2.05, 4.69) is 14.9 Å². The molecule has 5 heteroatoms. The molecule has 1 aliphatic rings. The minimum Gasteiger partial charge on any atom is -0.399 e. The van der Waals surface area contributed by atoms with Crippen molar-refractivity contribution in [2.45, 2.75) is 25.4 Å². The zero-order valence-corrected chi connectivity index (χ0v) is 10.5. The molecule has 1 saturated heterocycles. The first kappa shape index (κ1) is 11.3. The number of β-amino-alcohol motifs (C(OH)–C–C–N with tert-alkyl or cyclic N) is 1. The Labute approximate surface area is 106 Å². The second-order valence-electron chi connectivity index (χ2n) is 5.36. The van der Waals surface area contributed by atoms with Crippen LogP contribution >= 0.6 is 0 Å². The SMILES string of the molecule is CC1(O)CCCN(c2nc3ccc(N)cc3[nH]2)C1. The number of hydrogen-bond acceptors (Lipinski definition) is 4. The lowest BCUT2D eigenvalue weighted by molar-refractivity contribution is 0.0445. The molecule has 1 aliphatic heterocycles. The number of H-pyrrole nitrogens is 1. The minimum atomic E-state index is -0.629. The number of hydrogen-bond donors (Lipinski definition) is 3. The lowest BCUT2D eigenvalue weighted by Crippen LogP contribution is -2.46. The molecule has 0 saturated carbocycles. The van der Waals surface area contributed by atoms with E-state index < -0.39 is 5.60 Å². The molecule has 0 bridgehead atoms. The molecule has 96 valence electrons. The molecule has 1 unspecified atom stereocenters. The molecule has 18 heavy (non-hydrogen) atoms. The number of nitrogens with zero attached hydrogens (tertiary/aromatic N) is 2. The Morgan fingerprint density at radius 2 is 2.33 bits per heavy atom. The predicted octanol–water partition coefficient (Wildman–Crippen LogP) is 1.50. The highest BCUT2D eigenvalue weighted by Crippen LogP contribution is 2.26. The summed E-state index contributed by atoms with van der Waals surface area (Å²) in [5, 5.41) is 10.1. The van der Waals surface area contributed by atoms with Gasteiger partial charge in [0.25, 0.3) is 0 Å². The van der Waals surface area contributed by atoms with E-state index in [9.17, 15) is 5.11 Å². The Morgan fingerprint density at radius 1 is 1.50 bits per heavy atom. The summed E-state index contributed by atoms with van der Waals surface area (Å²) >= 11 is 0. The molecular weight excluding hydrogens is 228 g/mol. The average Bonchev–Trinajstić information content (AvgIpc) is 2.70. The lowest BCUT2D eigenvalue weighted by Gasteiger charge is -2.36. The summed E-state index contributed by atoms with van der Waals surface area (Å²) in [5.41, 5.74) is 7.70. The molecular formula is C13H18N4O. The fourth-order valence-corrected chi connectivity index (χ4v) is 2.56. The van der Waals surface area contributed by atoms with Crippen LogP contribution in [0, 0.1) is 0 Å². The number of rotatable bonds is 1. The van der Waals surface area contributed by atoms with Gasteiger partial charge >= 0.3 is 0 Å². The molecule has 1 atom stereocenters. The summed E-state index contributed by atoms with van der Waals surface area (Å²) in [7, 11) is 0. The van der Waals surface area contributed by atoms with E-state index in [1.807, 2.05) is 25.1 Å². The van der Waals surface area contributed by atoms with E-state index in [0.717, 1.165) is 42.1 Å². The predicted molar refractivity (Wildman–Crippen MR) is 72.6 cm³/mol. The van der Waals surface area contributed by atoms with Gasteiger partial charge in [0, 0.05) is 18.8 Å². The molecule has 3 rings (SSSR count). The van der Waals surface area contributed by atoms with Gasteiger partial charge in [0.1, 0.15) is 0 Å².